The summed E-state index contributed by atoms with van der Waals surface area (Å²) in [5.74, 6) is 1.09. The zero-order valence-corrected chi connectivity index (χ0v) is 12.8. The van der Waals surface area contributed by atoms with E-state index in [4.69, 9.17) is 5.73 Å². The molecule has 2 rings (SSSR count). The molecule has 90 valence electrons. The van der Waals surface area contributed by atoms with Gasteiger partial charge in [-0.25, -0.2) is 15.0 Å². The zero-order valence-electron chi connectivity index (χ0n) is 9.86. The lowest BCUT2D eigenvalue weighted by Gasteiger charge is -2.13. The third kappa shape index (κ3) is 2.74. The lowest BCUT2D eigenvalue weighted by atomic mass is 9.98. The molecule has 0 aliphatic heterocycles. The second-order valence-corrected chi connectivity index (χ2v) is 6.73. The zero-order chi connectivity index (χ0) is 12.6. The van der Waals surface area contributed by atoms with Gasteiger partial charge in [-0.05, 0) is 22.6 Å². The van der Waals surface area contributed by atoms with E-state index in [9.17, 15) is 0 Å². The van der Waals surface area contributed by atoms with Crippen LogP contribution in [0.1, 0.15) is 25.8 Å². The normalized spacial score (nSPS) is 11.8. The Labute approximate surface area is 118 Å². The Balaban J connectivity index is 2.40. The number of thiazole rings is 1. The second-order valence-electron chi connectivity index (χ2n) is 4.71. The summed E-state index contributed by atoms with van der Waals surface area (Å²) in [6, 6.07) is 0. The largest absolute Gasteiger partial charge is 0.383 e. The smallest absolute Gasteiger partial charge is 0.181 e. The number of hydrogen-bond donors (Lipinski definition) is 1. The van der Waals surface area contributed by atoms with Crippen molar-refractivity contribution in [3.8, 4) is 11.5 Å². The van der Waals surface area contributed by atoms with Gasteiger partial charge in [0.15, 0.2) is 5.82 Å². The highest BCUT2D eigenvalue weighted by molar-refractivity contribution is 14.1. The molecule has 0 bridgehead atoms. The number of rotatable bonds is 1. The number of hydrogen-bond acceptors (Lipinski definition) is 5. The molecule has 2 N–H and O–H groups in total. The molecule has 0 saturated heterocycles. The molecule has 2 aromatic rings. The number of nitrogens with zero attached hydrogens (tertiary/aromatic N) is 3. The van der Waals surface area contributed by atoms with E-state index in [1.165, 1.54) is 0 Å². The summed E-state index contributed by atoms with van der Waals surface area (Å²) >= 11 is 3.74. The van der Waals surface area contributed by atoms with Gasteiger partial charge in [-0.2, -0.15) is 0 Å². The van der Waals surface area contributed by atoms with Gasteiger partial charge in [-0.3, -0.25) is 0 Å². The topological polar surface area (TPSA) is 64.7 Å². The summed E-state index contributed by atoms with van der Waals surface area (Å²) in [7, 11) is 0. The van der Waals surface area contributed by atoms with Crippen LogP contribution in [0.25, 0.3) is 11.5 Å². The number of halogens is 1. The maximum absolute atomic E-state index is 5.77. The molecule has 0 aliphatic rings. The van der Waals surface area contributed by atoms with E-state index in [0.717, 1.165) is 14.3 Å². The molecule has 0 atom stereocenters. The van der Waals surface area contributed by atoms with Crippen molar-refractivity contribution in [2.45, 2.75) is 26.2 Å². The minimum Gasteiger partial charge on any atom is -0.383 e. The molecule has 0 radical (unpaired) electrons. The Morgan fingerprint density at radius 3 is 2.53 bits per heavy atom. The van der Waals surface area contributed by atoms with Gasteiger partial charge in [0.2, 0.25) is 0 Å². The standard InChI is InChI=1S/C11H13IN4S/c1-11(2,3)10-15-7(5-17-10)9-14-4-6(12)8(13)16-9/h4-5H,1-3H3,(H2,13,14,16). The fourth-order valence-corrected chi connectivity index (χ4v) is 2.37. The molecular formula is C11H13IN4S. The Bertz CT molecular complexity index is 545. The first kappa shape index (κ1) is 12.7. The van der Waals surface area contributed by atoms with Crippen LogP contribution >= 0.6 is 33.9 Å². The maximum atomic E-state index is 5.77. The average Bonchev–Trinajstić information content (AvgIpc) is 2.70. The molecule has 2 heterocycles. The van der Waals surface area contributed by atoms with Crippen LogP contribution in [0.2, 0.25) is 0 Å². The van der Waals surface area contributed by atoms with E-state index >= 15 is 0 Å². The van der Waals surface area contributed by atoms with Crippen LogP contribution in [0, 0.1) is 3.57 Å². The SMILES string of the molecule is CC(C)(C)c1nc(-c2ncc(I)c(N)n2)cs1. The Kier molecular flexibility index (Phi) is 3.35. The Morgan fingerprint density at radius 1 is 1.29 bits per heavy atom. The van der Waals surface area contributed by atoms with Crippen molar-refractivity contribution in [1.29, 1.82) is 0 Å². The number of anilines is 1. The van der Waals surface area contributed by atoms with Crippen molar-refractivity contribution in [3.63, 3.8) is 0 Å². The summed E-state index contributed by atoms with van der Waals surface area (Å²) in [4.78, 5) is 13.1. The minimum absolute atomic E-state index is 0.0532. The van der Waals surface area contributed by atoms with Crippen LogP contribution in [0.5, 0.6) is 0 Å². The molecule has 0 aliphatic carbocycles. The highest BCUT2D eigenvalue weighted by Crippen LogP contribution is 2.28. The molecule has 0 unspecified atom stereocenters. The molecule has 0 saturated carbocycles. The molecule has 0 spiro atoms. The molecule has 0 aromatic carbocycles. The van der Waals surface area contributed by atoms with E-state index in [1.54, 1.807) is 17.5 Å². The molecule has 17 heavy (non-hydrogen) atoms. The quantitative estimate of drug-likeness (QED) is 0.794. The van der Waals surface area contributed by atoms with Crippen LogP contribution in [0.4, 0.5) is 5.82 Å². The third-order valence-corrected chi connectivity index (χ3v) is 4.25. The predicted octanol–water partition coefficient (Wildman–Crippen LogP) is 3.08. The highest BCUT2D eigenvalue weighted by Gasteiger charge is 2.19. The molecule has 0 amide bonds. The molecule has 6 heteroatoms. The van der Waals surface area contributed by atoms with Crippen LogP contribution in [0.15, 0.2) is 11.6 Å². The molecule has 4 nitrogen and oxygen atoms in total. The van der Waals surface area contributed by atoms with Crippen LogP contribution < -0.4 is 5.73 Å². The van der Waals surface area contributed by atoms with Gasteiger partial charge in [0.05, 0.1) is 8.58 Å². The van der Waals surface area contributed by atoms with Gasteiger partial charge >= 0.3 is 0 Å². The van der Waals surface area contributed by atoms with Gasteiger partial charge in [-0.15, -0.1) is 11.3 Å². The van der Waals surface area contributed by atoms with Crippen molar-refractivity contribution in [2.75, 3.05) is 5.73 Å². The first-order chi connectivity index (χ1) is 7.88. The average molecular weight is 360 g/mol. The van der Waals surface area contributed by atoms with Crippen molar-refractivity contribution in [3.05, 3.63) is 20.2 Å². The number of nitrogens with two attached hydrogens (primary N) is 1. The monoisotopic (exact) mass is 360 g/mol. The van der Waals surface area contributed by atoms with Crippen LogP contribution in [-0.2, 0) is 5.41 Å². The van der Waals surface area contributed by atoms with E-state index in [0.29, 0.717) is 11.6 Å². The Hall–Kier alpha value is -0.760. The maximum Gasteiger partial charge on any atom is 0.181 e. The van der Waals surface area contributed by atoms with Crippen LogP contribution in [-0.4, -0.2) is 15.0 Å². The lowest BCUT2D eigenvalue weighted by Crippen LogP contribution is -2.10. The fraction of sp³-hybridized carbons (Fsp3) is 0.364. The summed E-state index contributed by atoms with van der Waals surface area (Å²) in [5.41, 5.74) is 6.62. The van der Waals surface area contributed by atoms with E-state index in [1.807, 2.05) is 5.38 Å². The summed E-state index contributed by atoms with van der Waals surface area (Å²) in [6.45, 7) is 6.41. The van der Waals surface area contributed by atoms with Crippen molar-refractivity contribution < 1.29 is 0 Å². The first-order valence-electron chi connectivity index (χ1n) is 5.12. The summed E-state index contributed by atoms with van der Waals surface area (Å²) in [6.07, 6.45) is 1.72. The van der Waals surface area contributed by atoms with Gasteiger partial charge < -0.3 is 5.73 Å². The summed E-state index contributed by atoms with van der Waals surface area (Å²) in [5, 5.41) is 3.05. The number of aromatic nitrogens is 3. The third-order valence-electron chi connectivity index (χ3n) is 2.15. The Morgan fingerprint density at radius 2 is 2.00 bits per heavy atom. The first-order valence-corrected chi connectivity index (χ1v) is 7.08. The molecule has 0 fully saturated rings. The highest BCUT2D eigenvalue weighted by atomic mass is 127. The van der Waals surface area contributed by atoms with Gasteiger partial charge in [-0.1, -0.05) is 20.8 Å². The fourth-order valence-electron chi connectivity index (χ4n) is 1.22. The van der Waals surface area contributed by atoms with E-state index in [-0.39, 0.29) is 5.41 Å². The van der Waals surface area contributed by atoms with E-state index in [2.05, 4.69) is 58.3 Å². The van der Waals surface area contributed by atoms with Crippen molar-refractivity contribution >= 4 is 39.7 Å². The van der Waals surface area contributed by atoms with Crippen molar-refractivity contribution in [1.82, 2.24) is 15.0 Å². The molecule has 2 aromatic heterocycles. The predicted molar refractivity (Wildman–Crippen MR) is 79.0 cm³/mol. The van der Waals surface area contributed by atoms with E-state index < -0.39 is 0 Å². The second kappa shape index (κ2) is 4.49. The minimum atomic E-state index is 0.0532. The van der Waals surface area contributed by atoms with Gasteiger partial charge in [0.25, 0.3) is 0 Å². The number of nitrogen functional groups attached to an aromatic ring is 1. The van der Waals surface area contributed by atoms with Gasteiger partial charge in [0.1, 0.15) is 11.5 Å². The van der Waals surface area contributed by atoms with Crippen molar-refractivity contribution in [2.24, 2.45) is 0 Å². The summed E-state index contributed by atoms with van der Waals surface area (Å²) < 4.78 is 0.859. The van der Waals surface area contributed by atoms with Gasteiger partial charge in [0, 0.05) is 17.0 Å². The van der Waals surface area contributed by atoms with Crippen LogP contribution in [0.3, 0.4) is 0 Å². The lowest BCUT2D eigenvalue weighted by molar-refractivity contribution is 0.586. The molecular weight excluding hydrogens is 347 g/mol.